The van der Waals surface area contributed by atoms with Crippen molar-refractivity contribution in [2.24, 2.45) is 0 Å². The molecule has 2 rings (SSSR count). The second-order valence-electron chi connectivity index (χ2n) is 5.36. The summed E-state index contributed by atoms with van der Waals surface area (Å²) in [5.74, 6) is 0.0171. The third kappa shape index (κ3) is 5.49. The Morgan fingerprint density at radius 2 is 2.04 bits per heavy atom. The Bertz CT molecular complexity index is 742. The summed E-state index contributed by atoms with van der Waals surface area (Å²) in [7, 11) is 0. The molecule has 6 nitrogen and oxygen atoms in total. The summed E-state index contributed by atoms with van der Waals surface area (Å²) in [5.41, 5.74) is 6.75. The van der Waals surface area contributed by atoms with Gasteiger partial charge in [-0.2, -0.15) is 0 Å². The molecule has 0 atom stereocenters. The van der Waals surface area contributed by atoms with Crippen LogP contribution in [-0.2, 0) is 9.53 Å². The molecule has 0 bridgehead atoms. The Balaban J connectivity index is 1.82. The summed E-state index contributed by atoms with van der Waals surface area (Å²) in [6.07, 6.45) is 0.825. The van der Waals surface area contributed by atoms with E-state index in [0.717, 1.165) is 4.88 Å². The van der Waals surface area contributed by atoms with E-state index >= 15 is 0 Å². The molecule has 0 spiro atoms. The third-order valence-electron chi connectivity index (χ3n) is 3.33. The quantitative estimate of drug-likeness (QED) is 0.425. The number of carbonyl (C=O) groups excluding carboxylic acids is 2. The van der Waals surface area contributed by atoms with Gasteiger partial charge in [0.1, 0.15) is 10.8 Å². The van der Waals surface area contributed by atoms with E-state index in [1.807, 2.05) is 19.1 Å². The Morgan fingerprint density at radius 1 is 1.28 bits per heavy atom. The summed E-state index contributed by atoms with van der Waals surface area (Å²) in [6, 6.07) is 8.95. The van der Waals surface area contributed by atoms with E-state index in [9.17, 15) is 9.59 Å². The number of hydrogen-bond donors (Lipinski definition) is 2. The second kappa shape index (κ2) is 9.08. The van der Waals surface area contributed by atoms with Crippen LogP contribution >= 0.6 is 11.3 Å². The summed E-state index contributed by atoms with van der Waals surface area (Å²) in [5, 5.41) is 3.30. The van der Waals surface area contributed by atoms with Crippen molar-refractivity contribution in [2.45, 2.75) is 26.7 Å². The first-order chi connectivity index (χ1) is 12.0. The maximum atomic E-state index is 12.1. The van der Waals surface area contributed by atoms with Crippen LogP contribution in [-0.4, -0.2) is 25.1 Å². The number of nitrogens with one attached hydrogen (secondary N) is 1. The number of aryl methyl sites for hydroxylation is 1. The molecule has 0 aliphatic rings. The number of esters is 1. The highest BCUT2D eigenvalue weighted by atomic mass is 32.1. The van der Waals surface area contributed by atoms with E-state index in [1.54, 1.807) is 25.1 Å². The molecule has 0 saturated heterocycles. The number of nitrogens with two attached hydrogens (primary N) is 1. The highest BCUT2D eigenvalue weighted by Gasteiger charge is 2.17. The largest absolute Gasteiger partial charge is 0.491 e. The fourth-order valence-corrected chi connectivity index (χ4v) is 3.10. The minimum absolute atomic E-state index is 0.169. The number of nitrogen functional groups attached to an aromatic ring is 1. The molecule has 3 N–H and O–H groups in total. The highest BCUT2D eigenvalue weighted by Crippen LogP contribution is 2.28. The summed E-state index contributed by atoms with van der Waals surface area (Å²) in [4.78, 5) is 24.9. The van der Waals surface area contributed by atoms with Crippen molar-refractivity contribution in [1.82, 2.24) is 0 Å². The number of benzene rings is 1. The van der Waals surface area contributed by atoms with Crippen LogP contribution in [0.2, 0.25) is 0 Å². The van der Waals surface area contributed by atoms with Crippen molar-refractivity contribution < 1.29 is 19.1 Å². The molecule has 7 heteroatoms. The van der Waals surface area contributed by atoms with E-state index in [1.165, 1.54) is 11.3 Å². The van der Waals surface area contributed by atoms with Gasteiger partial charge in [0, 0.05) is 11.3 Å². The van der Waals surface area contributed by atoms with Crippen LogP contribution in [0.1, 0.15) is 35.0 Å². The lowest BCUT2D eigenvalue weighted by Gasteiger charge is -2.09. The zero-order valence-corrected chi connectivity index (χ0v) is 15.2. The van der Waals surface area contributed by atoms with Gasteiger partial charge in [-0.15, -0.1) is 11.3 Å². The molecule has 1 aromatic heterocycles. The molecule has 0 aliphatic carbocycles. The van der Waals surface area contributed by atoms with Crippen molar-refractivity contribution >= 4 is 33.9 Å². The van der Waals surface area contributed by atoms with E-state index in [0.29, 0.717) is 41.6 Å². The fraction of sp³-hybridized carbons (Fsp3) is 0.333. The SMILES string of the molecule is CCOC(=O)c1cc(C)sc1NC(=O)CCCOc1ccccc1N. The Hall–Kier alpha value is -2.54. The molecule has 1 aromatic carbocycles. The summed E-state index contributed by atoms with van der Waals surface area (Å²) < 4.78 is 10.6. The standard InChI is InChI=1S/C18H22N2O4S/c1-3-23-18(22)13-11-12(2)25-17(13)20-16(21)9-6-10-24-15-8-5-4-7-14(15)19/h4-5,7-8,11H,3,6,9-10,19H2,1-2H3,(H,20,21). The Morgan fingerprint density at radius 3 is 2.76 bits per heavy atom. The van der Waals surface area contributed by atoms with Crippen molar-refractivity contribution in [3.63, 3.8) is 0 Å². The van der Waals surface area contributed by atoms with Gasteiger partial charge in [0.15, 0.2) is 0 Å². The van der Waals surface area contributed by atoms with E-state index in [4.69, 9.17) is 15.2 Å². The smallest absolute Gasteiger partial charge is 0.341 e. The van der Waals surface area contributed by atoms with Gasteiger partial charge in [0.25, 0.3) is 0 Å². The van der Waals surface area contributed by atoms with Crippen molar-refractivity contribution in [3.05, 3.63) is 40.8 Å². The molecule has 25 heavy (non-hydrogen) atoms. The maximum absolute atomic E-state index is 12.1. The van der Waals surface area contributed by atoms with Crippen molar-refractivity contribution in [1.29, 1.82) is 0 Å². The number of anilines is 2. The topological polar surface area (TPSA) is 90.6 Å². The number of ether oxygens (including phenoxy) is 2. The summed E-state index contributed by atoms with van der Waals surface area (Å²) >= 11 is 1.35. The van der Waals surface area contributed by atoms with Crippen LogP contribution in [0.15, 0.2) is 30.3 Å². The average Bonchev–Trinajstić information content (AvgIpc) is 2.94. The zero-order chi connectivity index (χ0) is 18.2. The van der Waals surface area contributed by atoms with Gasteiger partial charge in [-0.05, 0) is 38.5 Å². The maximum Gasteiger partial charge on any atom is 0.341 e. The Labute approximate surface area is 150 Å². The van der Waals surface area contributed by atoms with Crippen LogP contribution < -0.4 is 15.8 Å². The zero-order valence-electron chi connectivity index (χ0n) is 14.3. The van der Waals surface area contributed by atoms with Gasteiger partial charge >= 0.3 is 5.97 Å². The third-order valence-corrected chi connectivity index (χ3v) is 4.29. The molecular weight excluding hydrogens is 340 g/mol. The molecule has 1 amide bonds. The number of rotatable bonds is 8. The molecule has 1 heterocycles. The number of hydrogen-bond acceptors (Lipinski definition) is 6. The lowest BCUT2D eigenvalue weighted by atomic mass is 10.2. The van der Waals surface area contributed by atoms with Crippen LogP contribution in [0.25, 0.3) is 0 Å². The molecular formula is C18H22N2O4S. The molecule has 0 radical (unpaired) electrons. The second-order valence-corrected chi connectivity index (χ2v) is 6.61. The van der Waals surface area contributed by atoms with Crippen LogP contribution in [0, 0.1) is 6.92 Å². The minimum Gasteiger partial charge on any atom is -0.491 e. The molecule has 0 unspecified atom stereocenters. The normalized spacial score (nSPS) is 10.3. The Kier molecular flexibility index (Phi) is 6.82. The van der Waals surface area contributed by atoms with Gasteiger partial charge in [-0.25, -0.2) is 4.79 Å². The first-order valence-corrected chi connectivity index (χ1v) is 8.87. The minimum atomic E-state index is -0.426. The molecule has 0 fully saturated rings. The number of carbonyl (C=O) groups is 2. The first kappa shape index (κ1) is 18.8. The van der Waals surface area contributed by atoms with Crippen molar-refractivity contribution in [2.75, 3.05) is 24.3 Å². The predicted molar refractivity (Wildman–Crippen MR) is 99.2 cm³/mol. The monoisotopic (exact) mass is 362 g/mol. The van der Waals surface area contributed by atoms with E-state index < -0.39 is 5.97 Å². The lowest BCUT2D eigenvalue weighted by Crippen LogP contribution is -2.15. The highest BCUT2D eigenvalue weighted by molar-refractivity contribution is 7.16. The predicted octanol–water partition coefficient (Wildman–Crippen LogP) is 3.61. The molecule has 134 valence electrons. The van der Waals surface area contributed by atoms with Gasteiger partial charge in [0.05, 0.1) is 24.5 Å². The first-order valence-electron chi connectivity index (χ1n) is 8.06. The van der Waals surface area contributed by atoms with E-state index in [2.05, 4.69) is 5.32 Å². The van der Waals surface area contributed by atoms with Crippen LogP contribution in [0.5, 0.6) is 5.75 Å². The number of para-hydroxylation sites is 2. The van der Waals surface area contributed by atoms with Gasteiger partial charge in [0.2, 0.25) is 5.91 Å². The molecule has 0 aliphatic heterocycles. The van der Waals surface area contributed by atoms with Crippen molar-refractivity contribution in [3.8, 4) is 5.75 Å². The average molecular weight is 362 g/mol. The fourth-order valence-electron chi connectivity index (χ4n) is 2.18. The van der Waals surface area contributed by atoms with Gasteiger partial charge in [-0.3, -0.25) is 4.79 Å². The van der Waals surface area contributed by atoms with Gasteiger partial charge < -0.3 is 20.5 Å². The van der Waals surface area contributed by atoms with Gasteiger partial charge in [-0.1, -0.05) is 12.1 Å². The van der Waals surface area contributed by atoms with Crippen LogP contribution in [0.4, 0.5) is 10.7 Å². The number of thiophene rings is 1. The lowest BCUT2D eigenvalue weighted by molar-refractivity contribution is -0.116. The van der Waals surface area contributed by atoms with E-state index in [-0.39, 0.29) is 12.3 Å². The molecule has 2 aromatic rings. The summed E-state index contributed by atoms with van der Waals surface area (Å²) in [6.45, 7) is 4.30. The number of amides is 1. The molecule has 0 saturated carbocycles. The van der Waals surface area contributed by atoms with Crippen LogP contribution in [0.3, 0.4) is 0 Å².